The zero-order valence-corrected chi connectivity index (χ0v) is 8.36. The van der Waals surface area contributed by atoms with Crippen molar-refractivity contribution < 1.29 is 4.74 Å². The molecule has 3 heteroatoms. The molecular weight excluding hydrogens is 176 g/mol. The van der Waals surface area contributed by atoms with Crippen LogP contribution in [0.25, 0.3) is 0 Å². The van der Waals surface area contributed by atoms with Gasteiger partial charge in [-0.25, -0.2) is 0 Å². The van der Waals surface area contributed by atoms with E-state index in [0.717, 1.165) is 6.42 Å². The summed E-state index contributed by atoms with van der Waals surface area (Å²) in [6.45, 7) is 2.53. The molecule has 2 atom stereocenters. The number of hydrogen-bond donors (Lipinski definition) is 2. The monoisotopic (exact) mass is 192 g/mol. The van der Waals surface area contributed by atoms with Crippen LogP contribution in [0.5, 0.6) is 0 Å². The Hall–Kier alpha value is -0.900. The quantitative estimate of drug-likeness (QED) is 0.730. The Morgan fingerprint density at radius 3 is 2.79 bits per heavy atom. The van der Waals surface area contributed by atoms with Crippen molar-refractivity contribution in [2.45, 2.75) is 25.2 Å². The molecule has 1 aliphatic rings. The number of rotatable bonds is 2. The van der Waals surface area contributed by atoms with Crippen molar-refractivity contribution in [1.82, 2.24) is 5.32 Å². The van der Waals surface area contributed by atoms with Crippen LogP contribution in [-0.4, -0.2) is 18.5 Å². The summed E-state index contributed by atoms with van der Waals surface area (Å²) in [6.07, 6.45) is 0.966. The molecule has 1 aromatic carbocycles. The summed E-state index contributed by atoms with van der Waals surface area (Å²) in [7, 11) is 0. The number of hydrogen-bond acceptors (Lipinski definition) is 3. The van der Waals surface area contributed by atoms with Crippen LogP contribution >= 0.6 is 0 Å². The maximum absolute atomic E-state index is 5.79. The highest BCUT2D eigenvalue weighted by molar-refractivity contribution is 5.16. The van der Waals surface area contributed by atoms with Crippen LogP contribution in [0, 0.1) is 0 Å². The van der Waals surface area contributed by atoms with Crippen LogP contribution in [-0.2, 0) is 11.2 Å². The van der Waals surface area contributed by atoms with E-state index in [1.54, 1.807) is 0 Å². The SMILES string of the molecule is CC1(N)NC(Cc2ccccc2)CO1. The van der Waals surface area contributed by atoms with E-state index in [0.29, 0.717) is 12.6 Å². The maximum atomic E-state index is 5.79. The molecule has 1 aliphatic heterocycles. The minimum Gasteiger partial charge on any atom is -0.346 e. The number of nitrogens with two attached hydrogens (primary N) is 1. The molecule has 76 valence electrons. The van der Waals surface area contributed by atoms with Gasteiger partial charge in [-0.2, -0.15) is 0 Å². The number of ether oxygens (including phenoxy) is 1. The van der Waals surface area contributed by atoms with Gasteiger partial charge in [0, 0.05) is 6.04 Å². The summed E-state index contributed by atoms with van der Waals surface area (Å²) < 4.78 is 5.39. The minimum absolute atomic E-state index is 0.326. The maximum Gasteiger partial charge on any atom is 0.169 e. The van der Waals surface area contributed by atoms with Crippen molar-refractivity contribution in [3.63, 3.8) is 0 Å². The van der Waals surface area contributed by atoms with E-state index in [1.807, 2.05) is 25.1 Å². The Kier molecular flexibility index (Phi) is 2.54. The summed E-state index contributed by atoms with van der Waals surface area (Å²) in [6, 6.07) is 10.7. The largest absolute Gasteiger partial charge is 0.346 e. The van der Waals surface area contributed by atoms with Gasteiger partial charge in [0.05, 0.1) is 6.61 Å². The van der Waals surface area contributed by atoms with Gasteiger partial charge in [-0.3, -0.25) is 11.1 Å². The molecule has 14 heavy (non-hydrogen) atoms. The first-order chi connectivity index (χ1) is 6.66. The van der Waals surface area contributed by atoms with Gasteiger partial charge < -0.3 is 4.74 Å². The smallest absolute Gasteiger partial charge is 0.169 e. The molecule has 0 amide bonds. The van der Waals surface area contributed by atoms with Crippen molar-refractivity contribution >= 4 is 0 Å². The molecular formula is C11H16N2O. The van der Waals surface area contributed by atoms with E-state index in [-0.39, 0.29) is 0 Å². The zero-order chi connectivity index (χ0) is 10.0. The first-order valence-corrected chi connectivity index (χ1v) is 4.90. The third-order valence-corrected chi connectivity index (χ3v) is 2.40. The average molecular weight is 192 g/mol. The molecule has 1 heterocycles. The van der Waals surface area contributed by atoms with Gasteiger partial charge in [-0.05, 0) is 18.9 Å². The summed E-state index contributed by atoms with van der Waals surface area (Å²) in [5.74, 6) is -0.653. The standard InChI is InChI=1S/C11H16N2O/c1-11(12)13-10(8-14-11)7-9-5-3-2-4-6-9/h2-6,10,13H,7-8,12H2,1H3. The Bertz CT molecular complexity index is 297. The van der Waals surface area contributed by atoms with Gasteiger partial charge in [0.1, 0.15) is 0 Å². The third-order valence-electron chi connectivity index (χ3n) is 2.40. The lowest BCUT2D eigenvalue weighted by Gasteiger charge is -2.17. The Labute approximate surface area is 84.3 Å². The lowest BCUT2D eigenvalue weighted by molar-refractivity contribution is 0.0122. The van der Waals surface area contributed by atoms with Crippen LogP contribution in [0.2, 0.25) is 0 Å². The first kappa shape index (κ1) is 9.65. The second kappa shape index (κ2) is 3.69. The molecule has 3 N–H and O–H groups in total. The van der Waals surface area contributed by atoms with E-state index in [2.05, 4.69) is 17.4 Å². The number of nitrogens with one attached hydrogen (secondary N) is 1. The zero-order valence-electron chi connectivity index (χ0n) is 8.36. The summed E-state index contributed by atoms with van der Waals surface area (Å²) in [5, 5.41) is 3.23. The van der Waals surface area contributed by atoms with E-state index in [1.165, 1.54) is 5.56 Å². The van der Waals surface area contributed by atoms with Crippen molar-refractivity contribution in [1.29, 1.82) is 0 Å². The fourth-order valence-electron chi connectivity index (χ4n) is 1.77. The molecule has 3 nitrogen and oxygen atoms in total. The lowest BCUT2D eigenvalue weighted by atomic mass is 10.1. The second-order valence-electron chi connectivity index (χ2n) is 3.95. The molecule has 0 aromatic heterocycles. The van der Waals surface area contributed by atoms with Crippen LogP contribution in [0.15, 0.2) is 30.3 Å². The molecule has 1 aromatic rings. The Morgan fingerprint density at radius 1 is 1.50 bits per heavy atom. The molecule has 1 saturated heterocycles. The summed E-state index contributed by atoms with van der Waals surface area (Å²) in [5.41, 5.74) is 7.10. The highest BCUT2D eigenvalue weighted by atomic mass is 16.5. The van der Waals surface area contributed by atoms with E-state index in [9.17, 15) is 0 Å². The highest BCUT2D eigenvalue weighted by Gasteiger charge is 2.31. The molecule has 0 spiro atoms. The van der Waals surface area contributed by atoms with Crippen molar-refractivity contribution in [2.75, 3.05) is 6.61 Å². The van der Waals surface area contributed by atoms with E-state index >= 15 is 0 Å². The molecule has 2 unspecified atom stereocenters. The fourth-order valence-corrected chi connectivity index (χ4v) is 1.77. The van der Waals surface area contributed by atoms with Crippen molar-refractivity contribution in [3.8, 4) is 0 Å². The van der Waals surface area contributed by atoms with Gasteiger partial charge in [-0.15, -0.1) is 0 Å². The van der Waals surface area contributed by atoms with Crippen LogP contribution in [0.3, 0.4) is 0 Å². The third kappa shape index (κ3) is 2.32. The number of benzene rings is 1. The average Bonchev–Trinajstić information content (AvgIpc) is 2.47. The van der Waals surface area contributed by atoms with Crippen LogP contribution in [0.4, 0.5) is 0 Å². The van der Waals surface area contributed by atoms with Gasteiger partial charge in [-0.1, -0.05) is 30.3 Å². The van der Waals surface area contributed by atoms with Gasteiger partial charge in [0.25, 0.3) is 0 Å². The second-order valence-corrected chi connectivity index (χ2v) is 3.95. The molecule has 0 saturated carbocycles. The first-order valence-electron chi connectivity index (χ1n) is 4.90. The molecule has 1 fully saturated rings. The van der Waals surface area contributed by atoms with Gasteiger partial charge in [0.15, 0.2) is 5.85 Å². The Balaban J connectivity index is 1.94. The molecule has 2 rings (SSSR count). The topological polar surface area (TPSA) is 47.3 Å². The minimum atomic E-state index is -0.653. The molecule has 0 radical (unpaired) electrons. The highest BCUT2D eigenvalue weighted by Crippen LogP contribution is 2.13. The van der Waals surface area contributed by atoms with Crippen molar-refractivity contribution in [3.05, 3.63) is 35.9 Å². The fraction of sp³-hybridized carbons (Fsp3) is 0.455. The van der Waals surface area contributed by atoms with E-state index in [4.69, 9.17) is 10.5 Å². The molecule has 0 aliphatic carbocycles. The van der Waals surface area contributed by atoms with E-state index < -0.39 is 5.85 Å². The summed E-state index contributed by atoms with van der Waals surface area (Å²) >= 11 is 0. The van der Waals surface area contributed by atoms with Crippen LogP contribution < -0.4 is 11.1 Å². The lowest BCUT2D eigenvalue weighted by Crippen LogP contribution is -2.49. The molecule has 0 bridgehead atoms. The van der Waals surface area contributed by atoms with Crippen molar-refractivity contribution in [2.24, 2.45) is 5.73 Å². The van der Waals surface area contributed by atoms with Gasteiger partial charge in [0.2, 0.25) is 0 Å². The predicted molar refractivity (Wildman–Crippen MR) is 55.6 cm³/mol. The predicted octanol–water partition coefficient (Wildman–Crippen LogP) is 0.850. The summed E-state index contributed by atoms with van der Waals surface area (Å²) in [4.78, 5) is 0. The normalized spacial score (nSPS) is 32.0. The van der Waals surface area contributed by atoms with Crippen LogP contribution in [0.1, 0.15) is 12.5 Å². The Morgan fingerprint density at radius 2 is 2.21 bits per heavy atom. The van der Waals surface area contributed by atoms with Gasteiger partial charge >= 0.3 is 0 Å².